The lowest BCUT2D eigenvalue weighted by Crippen LogP contribution is -2.45. The lowest BCUT2D eigenvalue weighted by molar-refractivity contribution is -0.138. The molecule has 1 aliphatic rings. The number of nitrogens with one attached hydrogen (secondary N) is 1. The molecular formula is C21H21N3O5S3. The summed E-state index contributed by atoms with van der Waals surface area (Å²) in [5.74, 6) is 1.40. The van der Waals surface area contributed by atoms with E-state index in [1.165, 1.54) is 61.2 Å². The van der Waals surface area contributed by atoms with Gasteiger partial charge in [0.05, 0.1) is 43.1 Å². The van der Waals surface area contributed by atoms with Crippen LogP contribution < -0.4 is 19.6 Å². The molecule has 32 heavy (non-hydrogen) atoms. The number of carbonyl (C=O) groups is 2. The van der Waals surface area contributed by atoms with Crippen molar-refractivity contribution in [3.8, 4) is 17.2 Å². The Hall–Kier alpha value is -2.63. The van der Waals surface area contributed by atoms with Crippen molar-refractivity contribution in [2.24, 2.45) is 0 Å². The third-order valence-corrected chi connectivity index (χ3v) is 8.08. The van der Waals surface area contributed by atoms with Gasteiger partial charge in [0.2, 0.25) is 11.7 Å². The molecule has 1 saturated heterocycles. The molecule has 8 nitrogen and oxygen atoms in total. The molecule has 1 atom stereocenters. The Bertz CT molecular complexity index is 1090. The number of carbonyl (C=O) groups excluding carboxylic acids is 2. The number of thioether (sulfide) groups is 2. The van der Waals surface area contributed by atoms with Crippen molar-refractivity contribution in [1.29, 1.82) is 0 Å². The van der Waals surface area contributed by atoms with Crippen LogP contribution in [0.4, 0.5) is 0 Å². The van der Waals surface area contributed by atoms with Crippen LogP contribution >= 0.6 is 34.9 Å². The van der Waals surface area contributed by atoms with E-state index in [-0.39, 0.29) is 23.3 Å². The Morgan fingerprint density at radius 1 is 1.19 bits per heavy atom. The highest BCUT2D eigenvalue weighted by Crippen LogP contribution is 2.45. The van der Waals surface area contributed by atoms with Gasteiger partial charge in [0.25, 0.3) is 5.91 Å². The van der Waals surface area contributed by atoms with Crippen LogP contribution in [0.25, 0.3) is 10.2 Å². The predicted octanol–water partition coefficient (Wildman–Crippen LogP) is 3.72. The fraction of sp³-hybridized carbons (Fsp3) is 0.286. The minimum atomic E-state index is -0.410. The Labute approximate surface area is 197 Å². The molecule has 2 aromatic carbocycles. The van der Waals surface area contributed by atoms with Crippen LogP contribution in [0.1, 0.15) is 10.9 Å². The van der Waals surface area contributed by atoms with E-state index < -0.39 is 5.37 Å². The van der Waals surface area contributed by atoms with Gasteiger partial charge in [-0.1, -0.05) is 23.9 Å². The summed E-state index contributed by atoms with van der Waals surface area (Å²) in [6.45, 7) is 0. The number of ether oxygens (including phenoxy) is 3. The number of nitrogens with zero attached hydrogens (tertiary/aromatic N) is 2. The van der Waals surface area contributed by atoms with Crippen molar-refractivity contribution in [2.75, 3.05) is 32.8 Å². The Morgan fingerprint density at radius 2 is 1.91 bits per heavy atom. The van der Waals surface area contributed by atoms with Gasteiger partial charge in [0.1, 0.15) is 5.37 Å². The first-order chi connectivity index (χ1) is 15.5. The molecule has 0 radical (unpaired) electrons. The summed E-state index contributed by atoms with van der Waals surface area (Å²) in [5.41, 5.74) is 4.42. The molecule has 1 fully saturated rings. The zero-order chi connectivity index (χ0) is 22.7. The number of para-hydroxylation sites is 1. The predicted molar refractivity (Wildman–Crippen MR) is 127 cm³/mol. The average molecular weight is 492 g/mol. The zero-order valence-electron chi connectivity index (χ0n) is 17.6. The standard InChI is InChI=1S/C21H21N3O5S3/c1-27-14-8-12(9-15(28-2)19(14)29-3)20-24(18(26)11-30-20)23-17(25)10-31-21-22-13-6-4-5-7-16(13)32-21/h4-9,20H,10-11H2,1-3H3,(H,23,25). The van der Waals surface area contributed by atoms with Gasteiger partial charge in [-0.15, -0.1) is 23.1 Å². The minimum Gasteiger partial charge on any atom is -0.493 e. The van der Waals surface area contributed by atoms with Gasteiger partial charge in [-0.2, -0.15) is 0 Å². The quantitative estimate of drug-likeness (QED) is 0.477. The van der Waals surface area contributed by atoms with Crippen LogP contribution in [0.2, 0.25) is 0 Å². The minimum absolute atomic E-state index is 0.149. The number of hydrazine groups is 1. The van der Waals surface area contributed by atoms with E-state index in [1.807, 2.05) is 24.3 Å². The fourth-order valence-electron chi connectivity index (χ4n) is 3.24. The molecule has 2 amide bonds. The SMILES string of the molecule is COc1cc(C2SCC(=O)N2NC(=O)CSc2nc3ccccc3s2)cc(OC)c1OC. The number of amides is 2. The zero-order valence-corrected chi connectivity index (χ0v) is 20.1. The molecule has 2 heterocycles. The monoisotopic (exact) mass is 491 g/mol. The fourth-order valence-corrected chi connectivity index (χ4v) is 6.19. The number of thiazole rings is 1. The Balaban J connectivity index is 1.47. The lowest BCUT2D eigenvalue weighted by Gasteiger charge is -2.25. The van der Waals surface area contributed by atoms with Gasteiger partial charge >= 0.3 is 0 Å². The molecule has 0 aliphatic carbocycles. The summed E-state index contributed by atoms with van der Waals surface area (Å²) < 4.78 is 18.1. The number of hydrogen-bond donors (Lipinski definition) is 1. The third kappa shape index (κ3) is 4.59. The van der Waals surface area contributed by atoms with E-state index in [4.69, 9.17) is 14.2 Å². The molecule has 3 aromatic rings. The van der Waals surface area contributed by atoms with Crippen LogP contribution in [0.15, 0.2) is 40.7 Å². The molecule has 0 saturated carbocycles. The molecule has 1 aliphatic heterocycles. The molecule has 168 valence electrons. The molecule has 4 rings (SSSR count). The molecule has 1 unspecified atom stereocenters. The Kier molecular flexibility index (Phi) is 6.97. The maximum atomic E-state index is 12.6. The van der Waals surface area contributed by atoms with E-state index >= 15 is 0 Å². The molecule has 1 aromatic heterocycles. The molecule has 0 spiro atoms. The summed E-state index contributed by atoms with van der Waals surface area (Å²) in [4.78, 5) is 29.7. The van der Waals surface area contributed by atoms with Crippen LogP contribution in [0, 0.1) is 0 Å². The van der Waals surface area contributed by atoms with Gasteiger partial charge in [0, 0.05) is 0 Å². The maximum absolute atomic E-state index is 12.6. The number of methoxy groups -OCH3 is 3. The first-order valence-corrected chi connectivity index (χ1v) is 12.4. The second-order valence-corrected chi connectivity index (χ2v) is 9.98. The highest BCUT2D eigenvalue weighted by Gasteiger charge is 2.35. The number of fused-ring (bicyclic) bond motifs is 1. The van der Waals surface area contributed by atoms with Crippen molar-refractivity contribution in [3.05, 3.63) is 42.0 Å². The van der Waals surface area contributed by atoms with E-state index in [2.05, 4.69) is 10.4 Å². The number of hydrogen-bond acceptors (Lipinski definition) is 9. The first-order valence-electron chi connectivity index (χ1n) is 9.55. The molecule has 1 N–H and O–H groups in total. The van der Waals surface area contributed by atoms with Crippen LogP contribution in [-0.2, 0) is 9.59 Å². The van der Waals surface area contributed by atoms with Gasteiger partial charge in [-0.25, -0.2) is 9.99 Å². The summed E-state index contributed by atoms with van der Waals surface area (Å²) in [6, 6.07) is 11.4. The van der Waals surface area contributed by atoms with Crippen molar-refractivity contribution < 1.29 is 23.8 Å². The van der Waals surface area contributed by atoms with E-state index in [0.29, 0.717) is 17.2 Å². The van der Waals surface area contributed by atoms with E-state index in [9.17, 15) is 9.59 Å². The largest absolute Gasteiger partial charge is 0.493 e. The molecule has 11 heteroatoms. The highest BCUT2D eigenvalue weighted by atomic mass is 32.2. The summed E-state index contributed by atoms with van der Waals surface area (Å²) >= 11 is 4.30. The summed E-state index contributed by atoms with van der Waals surface area (Å²) in [5, 5.41) is 0.958. The van der Waals surface area contributed by atoms with Crippen molar-refractivity contribution in [1.82, 2.24) is 15.4 Å². The number of aromatic nitrogens is 1. The normalized spacial score (nSPS) is 15.8. The lowest BCUT2D eigenvalue weighted by atomic mass is 10.1. The van der Waals surface area contributed by atoms with Gasteiger partial charge in [-0.05, 0) is 29.8 Å². The van der Waals surface area contributed by atoms with Gasteiger partial charge in [-0.3, -0.25) is 15.0 Å². The number of benzene rings is 2. The van der Waals surface area contributed by atoms with Crippen LogP contribution in [-0.4, -0.2) is 54.6 Å². The smallest absolute Gasteiger partial charge is 0.252 e. The maximum Gasteiger partial charge on any atom is 0.252 e. The summed E-state index contributed by atoms with van der Waals surface area (Å²) in [6.07, 6.45) is 0. The average Bonchev–Trinajstić information content (AvgIpc) is 3.39. The first kappa shape index (κ1) is 22.6. The molecule has 0 bridgehead atoms. The van der Waals surface area contributed by atoms with Crippen molar-refractivity contribution in [3.63, 3.8) is 0 Å². The third-order valence-electron chi connectivity index (χ3n) is 4.69. The van der Waals surface area contributed by atoms with Gasteiger partial charge < -0.3 is 14.2 Å². The Morgan fingerprint density at radius 3 is 2.56 bits per heavy atom. The van der Waals surface area contributed by atoms with Crippen LogP contribution in [0.5, 0.6) is 17.2 Å². The van der Waals surface area contributed by atoms with Crippen LogP contribution in [0.3, 0.4) is 0 Å². The number of rotatable bonds is 8. The highest BCUT2D eigenvalue weighted by molar-refractivity contribution is 8.01. The second-order valence-electron chi connectivity index (χ2n) is 6.66. The van der Waals surface area contributed by atoms with Gasteiger partial charge in [0.15, 0.2) is 15.8 Å². The van der Waals surface area contributed by atoms with E-state index in [1.54, 1.807) is 12.1 Å². The second kappa shape index (κ2) is 9.88. The summed E-state index contributed by atoms with van der Waals surface area (Å²) in [7, 11) is 4.60. The van der Waals surface area contributed by atoms with Crippen molar-refractivity contribution >= 4 is 56.9 Å². The van der Waals surface area contributed by atoms with E-state index in [0.717, 1.165) is 20.1 Å². The van der Waals surface area contributed by atoms with Crippen molar-refractivity contribution in [2.45, 2.75) is 9.71 Å². The molecular weight excluding hydrogens is 470 g/mol. The topological polar surface area (TPSA) is 90.0 Å².